The standard InChI is InChI=1S/C9H15N3O2/c1-6(8(10)9(13)14-3)12-5-4-11-7(12)2/h4-6,8H,10H2,1-3H3. The van der Waals surface area contributed by atoms with E-state index in [1.165, 1.54) is 7.11 Å². The van der Waals surface area contributed by atoms with Gasteiger partial charge in [-0.3, -0.25) is 4.79 Å². The lowest BCUT2D eigenvalue weighted by Gasteiger charge is -2.20. The van der Waals surface area contributed by atoms with Crippen LogP contribution >= 0.6 is 0 Å². The van der Waals surface area contributed by atoms with Crippen LogP contribution in [0, 0.1) is 6.92 Å². The van der Waals surface area contributed by atoms with Gasteiger partial charge >= 0.3 is 5.97 Å². The van der Waals surface area contributed by atoms with Crippen LogP contribution in [0.15, 0.2) is 12.4 Å². The lowest BCUT2D eigenvalue weighted by molar-refractivity contribution is -0.143. The fourth-order valence-corrected chi connectivity index (χ4v) is 1.32. The number of hydrogen-bond donors (Lipinski definition) is 1. The minimum Gasteiger partial charge on any atom is -0.468 e. The fourth-order valence-electron chi connectivity index (χ4n) is 1.32. The maximum atomic E-state index is 11.2. The van der Waals surface area contributed by atoms with E-state index in [0.717, 1.165) is 5.82 Å². The van der Waals surface area contributed by atoms with E-state index in [1.54, 1.807) is 12.4 Å². The number of nitrogens with zero attached hydrogens (tertiary/aromatic N) is 2. The molecule has 0 aliphatic heterocycles. The zero-order valence-corrected chi connectivity index (χ0v) is 8.60. The van der Waals surface area contributed by atoms with Crippen LogP contribution in [0.5, 0.6) is 0 Å². The Morgan fingerprint density at radius 3 is 2.79 bits per heavy atom. The summed E-state index contributed by atoms with van der Waals surface area (Å²) in [6, 6.07) is -0.808. The van der Waals surface area contributed by atoms with Crippen molar-refractivity contribution in [3.63, 3.8) is 0 Å². The molecule has 1 heterocycles. The van der Waals surface area contributed by atoms with Crippen LogP contribution in [-0.4, -0.2) is 28.7 Å². The van der Waals surface area contributed by atoms with E-state index < -0.39 is 12.0 Å². The van der Waals surface area contributed by atoms with Crippen LogP contribution in [0.3, 0.4) is 0 Å². The number of carbonyl (C=O) groups excluding carboxylic acids is 1. The number of nitrogens with two attached hydrogens (primary N) is 1. The number of aryl methyl sites for hydroxylation is 1. The Morgan fingerprint density at radius 2 is 2.36 bits per heavy atom. The third-order valence-electron chi connectivity index (χ3n) is 2.29. The molecule has 0 radical (unpaired) electrons. The van der Waals surface area contributed by atoms with Crippen molar-refractivity contribution in [2.24, 2.45) is 5.73 Å². The topological polar surface area (TPSA) is 70.1 Å². The molecule has 2 atom stereocenters. The lowest BCUT2D eigenvalue weighted by atomic mass is 10.1. The van der Waals surface area contributed by atoms with E-state index in [9.17, 15) is 4.79 Å². The third-order valence-corrected chi connectivity index (χ3v) is 2.29. The maximum absolute atomic E-state index is 11.2. The van der Waals surface area contributed by atoms with Gasteiger partial charge in [0.05, 0.1) is 13.2 Å². The Hall–Kier alpha value is -1.36. The molecule has 2 unspecified atom stereocenters. The summed E-state index contributed by atoms with van der Waals surface area (Å²) < 4.78 is 6.42. The van der Waals surface area contributed by atoms with Gasteiger partial charge in [0, 0.05) is 12.4 Å². The van der Waals surface area contributed by atoms with Crippen LogP contribution < -0.4 is 5.73 Å². The minimum atomic E-state index is -0.659. The number of imidazole rings is 1. The predicted octanol–water partition coefficient (Wildman–Crippen LogP) is 0.253. The number of esters is 1. The van der Waals surface area contributed by atoms with Gasteiger partial charge < -0.3 is 15.0 Å². The van der Waals surface area contributed by atoms with E-state index in [2.05, 4.69) is 9.72 Å². The second-order valence-electron chi connectivity index (χ2n) is 3.17. The average molecular weight is 197 g/mol. The summed E-state index contributed by atoms with van der Waals surface area (Å²) in [4.78, 5) is 15.2. The summed E-state index contributed by atoms with van der Waals surface area (Å²) in [6.45, 7) is 3.72. The number of rotatable bonds is 3. The Kier molecular flexibility index (Phi) is 3.24. The monoisotopic (exact) mass is 197 g/mol. The van der Waals surface area contributed by atoms with Crippen molar-refractivity contribution in [2.45, 2.75) is 25.9 Å². The first-order valence-electron chi connectivity index (χ1n) is 4.40. The number of carbonyl (C=O) groups is 1. The Labute approximate surface area is 82.9 Å². The van der Waals surface area contributed by atoms with Crippen molar-refractivity contribution in [3.05, 3.63) is 18.2 Å². The van der Waals surface area contributed by atoms with Crippen molar-refractivity contribution in [1.29, 1.82) is 0 Å². The van der Waals surface area contributed by atoms with Crippen LogP contribution in [-0.2, 0) is 9.53 Å². The van der Waals surface area contributed by atoms with Gasteiger partial charge in [-0.15, -0.1) is 0 Å². The van der Waals surface area contributed by atoms with Crippen molar-refractivity contribution in [2.75, 3.05) is 7.11 Å². The third kappa shape index (κ3) is 1.93. The molecule has 1 aromatic heterocycles. The summed E-state index contributed by atoms with van der Waals surface area (Å²) in [6.07, 6.45) is 3.47. The predicted molar refractivity (Wildman–Crippen MR) is 51.7 cm³/mol. The molecule has 0 amide bonds. The SMILES string of the molecule is COC(=O)C(N)C(C)n1ccnc1C. The van der Waals surface area contributed by atoms with Crippen molar-refractivity contribution in [1.82, 2.24) is 9.55 Å². The van der Waals surface area contributed by atoms with Gasteiger partial charge in [-0.2, -0.15) is 0 Å². The van der Waals surface area contributed by atoms with E-state index in [-0.39, 0.29) is 6.04 Å². The molecule has 0 aliphatic carbocycles. The highest BCUT2D eigenvalue weighted by atomic mass is 16.5. The van der Waals surface area contributed by atoms with Gasteiger partial charge in [-0.1, -0.05) is 0 Å². The smallest absolute Gasteiger partial charge is 0.324 e. The first-order valence-corrected chi connectivity index (χ1v) is 4.40. The number of ether oxygens (including phenoxy) is 1. The van der Waals surface area contributed by atoms with Crippen molar-refractivity contribution < 1.29 is 9.53 Å². The summed E-state index contributed by atoms with van der Waals surface area (Å²) in [7, 11) is 1.33. The van der Waals surface area contributed by atoms with Crippen LogP contribution in [0.25, 0.3) is 0 Å². The molecule has 0 aliphatic rings. The van der Waals surface area contributed by atoms with Crippen LogP contribution in [0.2, 0.25) is 0 Å². The molecular weight excluding hydrogens is 182 g/mol. The molecule has 0 aromatic carbocycles. The van der Waals surface area contributed by atoms with Gasteiger partial charge in [0.25, 0.3) is 0 Å². The lowest BCUT2D eigenvalue weighted by Crippen LogP contribution is -2.39. The molecular formula is C9H15N3O2. The number of methoxy groups -OCH3 is 1. The Morgan fingerprint density at radius 1 is 1.71 bits per heavy atom. The highest BCUT2D eigenvalue weighted by Crippen LogP contribution is 2.12. The molecule has 78 valence electrons. The van der Waals surface area contributed by atoms with E-state index in [4.69, 9.17) is 5.73 Å². The molecule has 0 saturated carbocycles. The molecule has 2 N–H and O–H groups in total. The van der Waals surface area contributed by atoms with E-state index >= 15 is 0 Å². The van der Waals surface area contributed by atoms with Crippen molar-refractivity contribution >= 4 is 5.97 Å². The van der Waals surface area contributed by atoms with E-state index in [1.807, 2.05) is 18.4 Å². The maximum Gasteiger partial charge on any atom is 0.324 e. The fraction of sp³-hybridized carbons (Fsp3) is 0.556. The zero-order valence-electron chi connectivity index (χ0n) is 8.60. The second-order valence-corrected chi connectivity index (χ2v) is 3.17. The van der Waals surface area contributed by atoms with Crippen molar-refractivity contribution in [3.8, 4) is 0 Å². The Bertz CT molecular complexity index is 322. The molecule has 0 fully saturated rings. The molecule has 1 aromatic rings. The van der Waals surface area contributed by atoms with Gasteiger partial charge in [0.2, 0.25) is 0 Å². The van der Waals surface area contributed by atoms with Gasteiger partial charge in [-0.25, -0.2) is 4.98 Å². The molecule has 5 heteroatoms. The van der Waals surface area contributed by atoms with Crippen LogP contribution in [0.1, 0.15) is 18.8 Å². The van der Waals surface area contributed by atoms with Gasteiger partial charge in [-0.05, 0) is 13.8 Å². The van der Waals surface area contributed by atoms with Crippen LogP contribution in [0.4, 0.5) is 0 Å². The molecule has 5 nitrogen and oxygen atoms in total. The highest BCUT2D eigenvalue weighted by molar-refractivity contribution is 5.75. The second kappa shape index (κ2) is 4.23. The van der Waals surface area contributed by atoms with E-state index in [0.29, 0.717) is 0 Å². The zero-order chi connectivity index (χ0) is 10.7. The first kappa shape index (κ1) is 10.7. The summed E-state index contributed by atoms with van der Waals surface area (Å²) in [5.74, 6) is 0.419. The largest absolute Gasteiger partial charge is 0.468 e. The molecule has 0 saturated heterocycles. The minimum absolute atomic E-state index is 0.148. The summed E-state index contributed by atoms with van der Waals surface area (Å²) in [5, 5.41) is 0. The van der Waals surface area contributed by atoms with Gasteiger partial charge in [0.15, 0.2) is 0 Å². The highest BCUT2D eigenvalue weighted by Gasteiger charge is 2.23. The van der Waals surface area contributed by atoms with Gasteiger partial charge in [0.1, 0.15) is 11.9 Å². The average Bonchev–Trinajstić information content (AvgIpc) is 2.61. The Balaban J connectivity index is 2.80. The molecule has 0 bridgehead atoms. The molecule has 1 rings (SSSR count). The first-order chi connectivity index (χ1) is 6.57. The summed E-state index contributed by atoms with van der Waals surface area (Å²) in [5.41, 5.74) is 5.71. The quantitative estimate of drug-likeness (QED) is 0.705. The number of hydrogen-bond acceptors (Lipinski definition) is 4. The number of aromatic nitrogens is 2. The summed E-state index contributed by atoms with van der Waals surface area (Å²) >= 11 is 0. The molecule has 0 spiro atoms. The molecule has 14 heavy (non-hydrogen) atoms. The normalized spacial score (nSPS) is 14.9.